The van der Waals surface area contributed by atoms with E-state index >= 15 is 0 Å². The maximum absolute atomic E-state index is 14.8. The molecule has 2 heterocycles. The van der Waals surface area contributed by atoms with Crippen LogP contribution in [-0.2, 0) is 5.41 Å². The second-order valence-corrected chi connectivity index (χ2v) is 16.0. The fourth-order valence-electron chi connectivity index (χ4n) is 9.85. The van der Waals surface area contributed by atoms with E-state index in [1.165, 1.54) is 27.8 Å². The third-order valence-corrected chi connectivity index (χ3v) is 12.7. The SMILES string of the molecule is CC1(c2cccc(N(c3ccc(-c4ccc5c(c4)c4cc(F)ccc4n5-c4ccccc4)cc3)c3ccc4c(c3)oc3ccccc34)c2)c2ccccc2-c2ccccc21. The first-order chi connectivity index (χ1) is 29.5. The smallest absolute Gasteiger partial charge is 0.137 e. The average Bonchev–Trinajstić information content (AvgIpc) is 3.93. The van der Waals surface area contributed by atoms with Crippen LogP contribution in [0.15, 0.2) is 211 Å². The zero-order valence-corrected chi connectivity index (χ0v) is 32.8. The van der Waals surface area contributed by atoms with Gasteiger partial charge in [-0.1, -0.05) is 115 Å². The van der Waals surface area contributed by atoms with Crippen LogP contribution in [0.4, 0.5) is 21.5 Å². The summed E-state index contributed by atoms with van der Waals surface area (Å²) in [5, 5.41) is 4.10. The molecule has 12 rings (SSSR count). The number of anilines is 3. The van der Waals surface area contributed by atoms with Gasteiger partial charge in [0.25, 0.3) is 0 Å². The van der Waals surface area contributed by atoms with Gasteiger partial charge in [0.1, 0.15) is 17.0 Å². The zero-order chi connectivity index (χ0) is 40.0. The van der Waals surface area contributed by atoms with Crippen LogP contribution in [0.3, 0.4) is 0 Å². The summed E-state index contributed by atoms with van der Waals surface area (Å²) in [4.78, 5) is 2.33. The highest BCUT2D eigenvalue weighted by molar-refractivity contribution is 6.10. The molecule has 0 atom stereocenters. The lowest BCUT2D eigenvalue weighted by atomic mass is 9.74. The number of benzene rings is 9. The number of halogens is 1. The van der Waals surface area contributed by atoms with Gasteiger partial charge in [-0.05, 0) is 131 Å². The largest absolute Gasteiger partial charge is 0.456 e. The molecule has 0 aliphatic heterocycles. The van der Waals surface area contributed by atoms with Crippen molar-refractivity contribution in [3.05, 3.63) is 229 Å². The van der Waals surface area contributed by atoms with Gasteiger partial charge in [0.2, 0.25) is 0 Å². The van der Waals surface area contributed by atoms with Gasteiger partial charge < -0.3 is 13.9 Å². The van der Waals surface area contributed by atoms with E-state index in [1.54, 1.807) is 12.1 Å². The fraction of sp³-hybridized carbons (Fsp3) is 0.0357. The minimum absolute atomic E-state index is 0.246. The number of para-hydroxylation sites is 2. The van der Waals surface area contributed by atoms with Gasteiger partial charge in [-0.2, -0.15) is 0 Å². The maximum Gasteiger partial charge on any atom is 0.137 e. The molecule has 9 aromatic carbocycles. The van der Waals surface area contributed by atoms with E-state index in [-0.39, 0.29) is 11.2 Å². The van der Waals surface area contributed by atoms with E-state index in [4.69, 9.17) is 4.42 Å². The number of fused-ring (bicyclic) bond motifs is 9. The van der Waals surface area contributed by atoms with Crippen molar-refractivity contribution in [3.63, 3.8) is 0 Å². The number of rotatable bonds is 6. The summed E-state index contributed by atoms with van der Waals surface area (Å²) in [6.45, 7) is 2.36. The van der Waals surface area contributed by atoms with Gasteiger partial charge in [-0.25, -0.2) is 4.39 Å². The Kier molecular flexibility index (Phi) is 7.54. The Bertz CT molecular complexity index is 3420. The van der Waals surface area contributed by atoms with Crippen LogP contribution in [-0.4, -0.2) is 4.57 Å². The maximum atomic E-state index is 14.8. The Labute approximate surface area is 346 Å². The van der Waals surface area contributed by atoms with Crippen LogP contribution in [0.5, 0.6) is 0 Å². The van der Waals surface area contributed by atoms with Crippen molar-refractivity contribution in [1.29, 1.82) is 0 Å². The number of aromatic nitrogens is 1. The van der Waals surface area contributed by atoms with Gasteiger partial charge in [0.15, 0.2) is 0 Å². The van der Waals surface area contributed by atoms with Crippen molar-refractivity contribution in [1.82, 2.24) is 4.57 Å². The van der Waals surface area contributed by atoms with Gasteiger partial charge in [0.05, 0.1) is 11.0 Å². The Hall–Kier alpha value is -7.69. The van der Waals surface area contributed by atoms with Gasteiger partial charge in [-0.15, -0.1) is 0 Å². The normalized spacial score (nSPS) is 13.0. The monoisotopic (exact) mass is 772 g/mol. The molecule has 0 fully saturated rings. The molecule has 0 amide bonds. The first kappa shape index (κ1) is 34.4. The Morgan fingerprint density at radius 2 is 1.07 bits per heavy atom. The molecule has 0 saturated heterocycles. The standard InChI is InChI=1S/C56H37FN2O/c1-56(50-19-8-5-16-44(50)45-17-6-9-20-51(45)56)38-12-11-15-42(33-38)58(43-28-29-47-46-18-7-10-21-54(46)60-55(47)35-43)41-26-22-36(23-27-41)37-24-30-52-48(32-37)49-34-39(57)25-31-53(49)59(52)40-13-3-2-4-14-40/h2-35H,1H3. The predicted molar refractivity (Wildman–Crippen MR) is 246 cm³/mol. The molecule has 1 aliphatic rings. The third kappa shape index (κ3) is 5.14. The van der Waals surface area contributed by atoms with E-state index in [2.05, 4.69) is 174 Å². The Balaban J connectivity index is 0.999. The van der Waals surface area contributed by atoms with Crippen molar-refractivity contribution in [2.24, 2.45) is 0 Å². The lowest BCUT2D eigenvalue weighted by Gasteiger charge is -2.31. The summed E-state index contributed by atoms with van der Waals surface area (Å²) in [6.07, 6.45) is 0. The quantitative estimate of drug-likeness (QED) is 0.168. The summed E-state index contributed by atoms with van der Waals surface area (Å²) in [6, 6.07) is 72.0. The molecule has 60 heavy (non-hydrogen) atoms. The van der Waals surface area contributed by atoms with Crippen molar-refractivity contribution >= 4 is 60.8 Å². The van der Waals surface area contributed by atoms with Gasteiger partial charge in [-0.3, -0.25) is 0 Å². The van der Waals surface area contributed by atoms with Crippen LogP contribution in [0, 0.1) is 5.82 Å². The molecule has 1 aliphatic carbocycles. The van der Waals surface area contributed by atoms with Crippen LogP contribution in [0.2, 0.25) is 0 Å². The zero-order valence-electron chi connectivity index (χ0n) is 32.8. The molecule has 2 aromatic heterocycles. The number of furan rings is 1. The molecular weight excluding hydrogens is 736 g/mol. The molecule has 3 nitrogen and oxygen atoms in total. The molecule has 4 heteroatoms. The molecule has 0 bridgehead atoms. The summed E-state index contributed by atoms with van der Waals surface area (Å²) in [5.74, 6) is -0.246. The second-order valence-electron chi connectivity index (χ2n) is 16.0. The highest BCUT2D eigenvalue weighted by Crippen LogP contribution is 2.53. The topological polar surface area (TPSA) is 21.3 Å². The van der Waals surface area contributed by atoms with Crippen LogP contribution >= 0.6 is 0 Å². The first-order valence-electron chi connectivity index (χ1n) is 20.4. The number of hydrogen-bond donors (Lipinski definition) is 0. The van der Waals surface area contributed by atoms with Crippen molar-refractivity contribution < 1.29 is 8.81 Å². The molecule has 0 radical (unpaired) electrons. The molecule has 11 aromatic rings. The second kappa shape index (κ2) is 13.2. The minimum atomic E-state index is -0.341. The number of nitrogens with zero attached hydrogens (tertiary/aromatic N) is 2. The third-order valence-electron chi connectivity index (χ3n) is 12.7. The fourth-order valence-corrected chi connectivity index (χ4v) is 9.85. The van der Waals surface area contributed by atoms with Crippen molar-refractivity contribution in [2.45, 2.75) is 12.3 Å². The lowest BCUT2D eigenvalue weighted by molar-refractivity contribution is 0.629. The predicted octanol–water partition coefficient (Wildman–Crippen LogP) is 15.3. The van der Waals surface area contributed by atoms with Crippen molar-refractivity contribution in [3.8, 4) is 27.9 Å². The number of hydrogen-bond acceptors (Lipinski definition) is 2. The van der Waals surface area contributed by atoms with E-state index in [9.17, 15) is 4.39 Å². The van der Waals surface area contributed by atoms with Gasteiger partial charge in [0, 0.05) is 55.8 Å². The minimum Gasteiger partial charge on any atom is -0.456 e. The highest BCUT2D eigenvalue weighted by Gasteiger charge is 2.40. The van der Waals surface area contributed by atoms with E-state index < -0.39 is 0 Å². The Morgan fingerprint density at radius 1 is 0.450 bits per heavy atom. The molecule has 0 unspecified atom stereocenters. The summed E-state index contributed by atoms with van der Waals surface area (Å²) < 4.78 is 23.4. The van der Waals surface area contributed by atoms with E-state index in [0.717, 1.165) is 77.6 Å². The van der Waals surface area contributed by atoms with Crippen LogP contribution in [0.1, 0.15) is 23.6 Å². The van der Waals surface area contributed by atoms with Gasteiger partial charge >= 0.3 is 0 Å². The van der Waals surface area contributed by atoms with E-state index in [0.29, 0.717) is 0 Å². The van der Waals surface area contributed by atoms with E-state index in [1.807, 2.05) is 36.4 Å². The first-order valence-corrected chi connectivity index (χ1v) is 20.4. The summed E-state index contributed by atoms with van der Waals surface area (Å²) in [7, 11) is 0. The van der Waals surface area contributed by atoms with Crippen LogP contribution < -0.4 is 4.90 Å². The lowest BCUT2D eigenvalue weighted by Crippen LogP contribution is -2.23. The van der Waals surface area contributed by atoms with Crippen LogP contribution in [0.25, 0.3) is 71.7 Å². The molecule has 0 N–H and O–H groups in total. The average molecular weight is 773 g/mol. The summed E-state index contributed by atoms with van der Waals surface area (Å²) in [5.41, 5.74) is 16.1. The molecule has 284 valence electrons. The highest BCUT2D eigenvalue weighted by atomic mass is 19.1. The summed E-state index contributed by atoms with van der Waals surface area (Å²) >= 11 is 0. The molecular formula is C56H37FN2O. The molecule has 0 spiro atoms. The van der Waals surface area contributed by atoms with Crippen molar-refractivity contribution in [2.75, 3.05) is 4.90 Å². The Morgan fingerprint density at radius 3 is 1.85 bits per heavy atom. The molecule has 0 saturated carbocycles.